The molecular formula is C19H27N5O4. The number of guanidine groups is 1. The third-order valence-electron chi connectivity index (χ3n) is 4.99. The Morgan fingerprint density at radius 2 is 1.93 bits per heavy atom. The van der Waals surface area contributed by atoms with Crippen molar-refractivity contribution in [2.45, 2.75) is 32.4 Å². The average molecular weight is 389 g/mol. The van der Waals surface area contributed by atoms with Crippen molar-refractivity contribution in [2.75, 3.05) is 39.3 Å². The highest BCUT2D eigenvalue weighted by atomic mass is 16.6. The van der Waals surface area contributed by atoms with Gasteiger partial charge in [-0.15, -0.1) is 0 Å². The fraction of sp³-hybridized carbons (Fsp3) is 0.579. The first kappa shape index (κ1) is 20.1. The molecule has 2 aliphatic rings. The molecule has 1 amide bonds. The maximum Gasteiger partial charge on any atom is 0.269 e. The second-order valence-corrected chi connectivity index (χ2v) is 6.91. The highest BCUT2D eigenvalue weighted by molar-refractivity contribution is 5.82. The Labute approximate surface area is 164 Å². The summed E-state index contributed by atoms with van der Waals surface area (Å²) in [6.45, 7) is 6.61. The number of hydrogen-bond donors (Lipinski definition) is 1. The van der Waals surface area contributed by atoms with Gasteiger partial charge in [0, 0.05) is 51.5 Å². The van der Waals surface area contributed by atoms with Crippen LogP contribution in [0.2, 0.25) is 0 Å². The average Bonchev–Trinajstić information content (AvgIpc) is 3.26. The quantitative estimate of drug-likeness (QED) is 0.353. The van der Waals surface area contributed by atoms with E-state index in [0.29, 0.717) is 39.3 Å². The van der Waals surface area contributed by atoms with Crippen LogP contribution in [0, 0.1) is 10.1 Å². The molecular weight excluding hydrogens is 362 g/mol. The van der Waals surface area contributed by atoms with Crippen LogP contribution < -0.4 is 5.32 Å². The van der Waals surface area contributed by atoms with Gasteiger partial charge in [-0.05, 0) is 25.3 Å². The Balaban J connectivity index is 1.57. The van der Waals surface area contributed by atoms with Crippen LogP contribution in [-0.2, 0) is 16.1 Å². The van der Waals surface area contributed by atoms with Gasteiger partial charge in [0.05, 0.1) is 11.5 Å². The predicted molar refractivity (Wildman–Crippen MR) is 105 cm³/mol. The minimum atomic E-state index is -0.408. The van der Waals surface area contributed by atoms with Gasteiger partial charge < -0.3 is 19.9 Å². The maximum absolute atomic E-state index is 12.5. The number of carbonyl (C=O) groups is 1. The van der Waals surface area contributed by atoms with Crippen molar-refractivity contribution in [2.24, 2.45) is 4.99 Å². The van der Waals surface area contributed by atoms with Crippen LogP contribution in [-0.4, -0.2) is 72.0 Å². The number of rotatable bonds is 5. The summed E-state index contributed by atoms with van der Waals surface area (Å²) in [5.74, 6) is 0.898. The molecule has 1 N–H and O–H groups in total. The second kappa shape index (κ2) is 9.50. The number of non-ortho nitro benzene ring substituents is 1. The Bertz CT molecular complexity index is 708. The summed E-state index contributed by atoms with van der Waals surface area (Å²) in [6.07, 6.45) is 1.50. The van der Waals surface area contributed by atoms with Crippen molar-refractivity contribution in [3.63, 3.8) is 0 Å². The zero-order valence-electron chi connectivity index (χ0n) is 16.2. The Kier molecular flexibility index (Phi) is 6.80. The summed E-state index contributed by atoms with van der Waals surface area (Å²) < 4.78 is 5.51. The van der Waals surface area contributed by atoms with Gasteiger partial charge in [0.15, 0.2) is 5.96 Å². The smallest absolute Gasteiger partial charge is 0.269 e. The predicted octanol–water partition coefficient (Wildman–Crippen LogP) is 1.38. The molecule has 0 spiro atoms. The number of piperazine rings is 1. The van der Waals surface area contributed by atoms with E-state index in [0.717, 1.165) is 30.9 Å². The highest BCUT2D eigenvalue weighted by Gasteiger charge is 2.30. The van der Waals surface area contributed by atoms with E-state index >= 15 is 0 Å². The summed E-state index contributed by atoms with van der Waals surface area (Å²) in [6, 6.07) is 6.44. The number of nitro benzene ring substituents is 1. The third-order valence-corrected chi connectivity index (χ3v) is 4.99. The normalized spacial score (nSPS) is 20.3. The van der Waals surface area contributed by atoms with Gasteiger partial charge in [-0.25, -0.2) is 4.99 Å². The summed E-state index contributed by atoms with van der Waals surface area (Å²) in [5.41, 5.74) is 0.986. The molecule has 1 aromatic carbocycles. The van der Waals surface area contributed by atoms with Crippen LogP contribution in [0.25, 0.3) is 0 Å². The zero-order chi connectivity index (χ0) is 19.9. The van der Waals surface area contributed by atoms with Gasteiger partial charge in [0.2, 0.25) is 0 Å². The number of aliphatic imine (C=N–C) groups is 1. The van der Waals surface area contributed by atoms with E-state index < -0.39 is 4.92 Å². The number of nitrogens with zero attached hydrogens (tertiary/aromatic N) is 4. The lowest BCUT2D eigenvalue weighted by Crippen LogP contribution is -2.55. The molecule has 0 saturated carbocycles. The molecule has 0 bridgehead atoms. The van der Waals surface area contributed by atoms with Gasteiger partial charge >= 0.3 is 0 Å². The van der Waals surface area contributed by atoms with E-state index in [1.54, 1.807) is 12.1 Å². The molecule has 0 aromatic heterocycles. The molecule has 9 heteroatoms. The minimum Gasteiger partial charge on any atom is -0.368 e. The van der Waals surface area contributed by atoms with Crippen molar-refractivity contribution in [1.29, 1.82) is 0 Å². The Hall–Kier alpha value is -2.68. The molecule has 2 heterocycles. The number of benzene rings is 1. The molecule has 1 unspecified atom stereocenters. The molecule has 1 aromatic rings. The van der Waals surface area contributed by atoms with Crippen LogP contribution in [0.4, 0.5) is 5.69 Å². The summed E-state index contributed by atoms with van der Waals surface area (Å²) in [4.78, 5) is 31.5. The molecule has 0 radical (unpaired) electrons. The third kappa shape index (κ3) is 4.98. The van der Waals surface area contributed by atoms with Crippen molar-refractivity contribution in [3.05, 3.63) is 39.9 Å². The molecule has 2 aliphatic heterocycles. The fourth-order valence-corrected chi connectivity index (χ4v) is 3.43. The second-order valence-electron chi connectivity index (χ2n) is 6.91. The Morgan fingerprint density at radius 1 is 1.25 bits per heavy atom. The highest BCUT2D eigenvalue weighted by Crippen LogP contribution is 2.16. The molecule has 28 heavy (non-hydrogen) atoms. The number of ether oxygens (including phenoxy) is 1. The molecule has 2 fully saturated rings. The molecule has 2 saturated heterocycles. The number of amides is 1. The first-order chi connectivity index (χ1) is 13.6. The van der Waals surface area contributed by atoms with Crippen molar-refractivity contribution in [1.82, 2.24) is 15.1 Å². The van der Waals surface area contributed by atoms with Crippen LogP contribution in [0.15, 0.2) is 29.3 Å². The lowest BCUT2D eigenvalue weighted by molar-refractivity contribution is -0.384. The number of hydrogen-bond acceptors (Lipinski definition) is 5. The van der Waals surface area contributed by atoms with E-state index in [9.17, 15) is 14.9 Å². The molecule has 3 rings (SSSR count). The first-order valence-corrected chi connectivity index (χ1v) is 9.75. The van der Waals surface area contributed by atoms with Crippen molar-refractivity contribution < 1.29 is 14.5 Å². The first-order valence-electron chi connectivity index (χ1n) is 9.75. The minimum absolute atomic E-state index is 0.0756. The summed E-state index contributed by atoms with van der Waals surface area (Å²) in [5, 5.41) is 14.0. The van der Waals surface area contributed by atoms with Crippen LogP contribution >= 0.6 is 0 Å². The summed E-state index contributed by atoms with van der Waals surface area (Å²) in [7, 11) is 0. The fourth-order valence-electron chi connectivity index (χ4n) is 3.43. The zero-order valence-corrected chi connectivity index (χ0v) is 16.2. The van der Waals surface area contributed by atoms with Crippen LogP contribution in [0.5, 0.6) is 0 Å². The lowest BCUT2D eigenvalue weighted by Gasteiger charge is -2.37. The van der Waals surface area contributed by atoms with Gasteiger partial charge in [-0.2, -0.15) is 0 Å². The molecule has 1 atom stereocenters. The number of nitrogens with one attached hydrogen (secondary N) is 1. The molecule has 9 nitrogen and oxygen atoms in total. The molecule has 0 aliphatic carbocycles. The van der Waals surface area contributed by atoms with Gasteiger partial charge in [-0.1, -0.05) is 12.1 Å². The van der Waals surface area contributed by atoms with Crippen LogP contribution in [0.3, 0.4) is 0 Å². The van der Waals surface area contributed by atoms with Crippen molar-refractivity contribution >= 4 is 17.6 Å². The van der Waals surface area contributed by atoms with Crippen molar-refractivity contribution in [3.8, 4) is 0 Å². The van der Waals surface area contributed by atoms with E-state index in [4.69, 9.17) is 4.74 Å². The molecule has 152 valence electrons. The standard InChI is InChI=1S/C19H27N5O4/c1-2-20-19(21-14-15-5-7-16(8-6-15)24(26)27)23-11-9-22(10-12-23)18(25)17-4-3-13-28-17/h5-8,17H,2-4,9-14H2,1H3,(H,20,21). The van der Waals surface area contributed by atoms with E-state index in [1.807, 2.05) is 11.8 Å². The maximum atomic E-state index is 12.5. The van der Waals surface area contributed by atoms with Gasteiger partial charge in [-0.3, -0.25) is 14.9 Å². The monoisotopic (exact) mass is 389 g/mol. The number of carbonyl (C=O) groups excluding carboxylic acids is 1. The van der Waals surface area contributed by atoms with E-state index in [1.165, 1.54) is 12.1 Å². The summed E-state index contributed by atoms with van der Waals surface area (Å²) >= 11 is 0. The van der Waals surface area contributed by atoms with Crippen LogP contribution in [0.1, 0.15) is 25.3 Å². The van der Waals surface area contributed by atoms with Gasteiger partial charge in [0.1, 0.15) is 6.10 Å². The van der Waals surface area contributed by atoms with Gasteiger partial charge in [0.25, 0.3) is 11.6 Å². The lowest BCUT2D eigenvalue weighted by atomic mass is 10.2. The van der Waals surface area contributed by atoms with E-state index in [-0.39, 0.29) is 17.7 Å². The topological polar surface area (TPSA) is 100 Å². The van der Waals surface area contributed by atoms with E-state index in [2.05, 4.69) is 15.2 Å². The number of nitro groups is 1. The largest absolute Gasteiger partial charge is 0.368 e. The SMILES string of the molecule is CCNC(=NCc1ccc([N+](=O)[O-])cc1)N1CCN(C(=O)C2CCCO2)CC1. The Morgan fingerprint density at radius 3 is 2.50 bits per heavy atom.